The summed E-state index contributed by atoms with van der Waals surface area (Å²) in [6, 6.07) is 10.5. The van der Waals surface area contributed by atoms with Gasteiger partial charge in [0.1, 0.15) is 11.3 Å². The molecule has 0 aliphatic rings. The zero-order valence-corrected chi connectivity index (χ0v) is 9.29. The third-order valence-corrected chi connectivity index (χ3v) is 2.57. The highest BCUT2D eigenvalue weighted by molar-refractivity contribution is 5.77. The van der Waals surface area contributed by atoms with Gasteiger partial charge in [-0.3, -0.25) is 0 Å². The van der Waals surface area contributed by atoms with E-state index in [0.29, 0.717) is 0 Å². The van der Waals surface area contributed by atoms with Crippen LogP contribution in [0.1, 0.15) is 32.1 Å². The topological polar surface area (TPSA) is 25.2 Å². The molecule has 1 heterocycles. The zero-order valence-electron chi connectivity index (χ0n) is 9.29. The minimum atomic E-state index is 0.289. The van der Waals surface area contributed by atoms with Gasteiger partial charge in [0.05, 0.1) is 6.04 Å². The van der Waals surface area contributed by atoms with Crippen LogP contribution in [0.25, 0.3) is 11.0 Å². The van der Waals surface area contributed by atoms with Crippen molar-refractivity contribution in [3.05, 3.63) is 36.1 Å². The first-order valence-corrected chi connectivity index (χ1v) is 5.53. The number of furan rings is 1. The van der Waals surface area contributed by atoms with Gasteiger partial charge in [-0.15, -0.1) is 0 Å². The number of para-hydroxylation sites is 1. The van der Waals surface area contributed by atoms with Crippen molar-refractivity contribution in [2.24, 2.45) is 0 Å². The monoisotopic (exact) mass is 203 g/mol. The molecule has 0 saturated carbocycles. The van der Waals surface area contributed by atoms with E-state index in [9.17, 15) is 0 Å². The molecule has 0 fully saturated rings. The molecule has 0 saturated heterocycles. The standard InChI is InChI=1S/C13H17NO/c1-3-8-14-10(2)13-9-11-6-4-5-7-12(11)15-13/h4-7,9-10,14H,3,8H2,1-2H3/t10-/m1/s1. The van der Waals surface area contributed by atoms with E-state index >= 15 is 0 Å². The minimum Gasteiger partial charge on any atom is -0.459 e. The van der Waals surface area contributed by atoms with Gasteiger partial charge in [-0.05, 0) is 32.0 Å². The van der Waals surface area contributed by atoms with Gasteiger partial charge in [-0.25, -0.2) is 0 Å². The Balaban J connectivity index is 2.20. The fourth-order valence-corrected chi connectivity index (χ4v) is 1.68. The highest BCUT2D eigenvalue weighted by Crippen LogP contribution is 2.23. The molecule has 80 valence electrons. The van der Waals surface area contributed by atoms with Crippen LogP contribution in [-0.2, 0) is 0 Å². The second-order valence-electron chi connectivity index (χ2n) is 3.86. The Kier molecular flexibility index (Phi) is 3.07. The SMILES string of the molecule is CCCN[C@H](C)c1cc2ccccc2o1. The van der Waals surface area contributed by atoms with E-state index in [4.69, 9.17) is 4.42 Å². The van der Waals surface area contributed by atoms with Gasteiger partial charge in [0.2, 0.25) is 0 Å². The van der Waals surface area contributed by atoms with Crippen molar-refractivity contribution in [2.75, 3.05) is 6.54 Å². The molecule has 0 spiro atoms. The van der Waals surface area contributed by atoms with Crippen LogP contribution < -0.4 is 5.32 Å². The summed E-state index contributed by atoms with van der Waals surface area (Å²) < 4.78 is 5.76. The molecule has 1 N–H and O–H groups in total. The summed E-state index contributed by atoms with van der Waals surface area (Å²) in [7, 11) is 0. The molecule has 1 aromatic heterocycles. The predicted molar refractivity (Wildman–Crippen MR) is 62.9 cm³/mol. The van der Waals surface area contributed by atoms with Gasteiger partial charge < -0.3 is 9.73 Å². The second-order valence-corrected chi connectivity index (χ2v) is 3.86. The van der Waals surface area contributed by atoms with Crippen molar-refractivity contribution in [3.8, 4) is 0 Å². The Morgan fingerprint density at radius 1 is 1.33 bits per heavy atom. The molecule has 2 aromatic rings. The van der Waals surface area contributed by atoms with Crippen LogP contribution in [0.5, 0.6) is 0 Å². The van der Waals surface area contributed by atoms with Crippen molar-refractivity contribution >= 4 is 11.0 Å². The summed E-state index contributed by atoms with van der Waals surface area (Å²) in [5.74, 6) is 1.02. The molecule has 1 atom stereocenters. The Morgan fingerprint density at radius 3 is 2.87 bits per heavy atom. The molecule has 0 aliphatic carbocycles. The number of rotatable bonds is 4. The Hall–Kier alpha value is -1.28. The van der Waals surface area contributed by atoms with Crippen LogP contribution in [0, 0.1) is 0 Å². The van der Waals surface area contributed by atoms with Crippen LogP contribution in [0.15, 0.2) is 34.7 Å². The maximum Gasteiger partial charge on any atom is 0.134 e. The number of nitrogens with one attached hydrogen (secondary N) is 1. The first-order valence-electron chi connectivity index (χ1n) is 5.53. The van der Waals surface area contributed by atoms with Gasteiger partial charge in [-0.2, -0.15) is 0 Å². The molecule has 2 rings (SSSR count). The largest absolute Gasteiger partial charge is 0.459 e. The van der Waals surface area contributed by atoms with E-state index in [1.54, 1.807) is 0 Å². The number of fused-ring (bicyclic) bond motifs is 1. The smallest absolute Gasteiger partial charge is 0.134 e. The van der Waals surface area contributed by atoms with Crippen molar-refractivity contribution in [3.63, 3.8) is 0 Å². The van der Waals surface area contributed by atoms with E-state index in [2.05, 4.69) is 31.3 Å². The molecular formula is C13H17NO. The highest BCUT2D eigenvalue weighted by atomic mass is 16.3. The van der Waals surface area contributed by atoms with E-state index in [1.807, 2.05) is 18.2 Å². The van der Waals surface area contributed by atoms with Gasteiger partial charge >= 0.3 is 0 Å². The third kappa shape index (κ3) is 2.21. The number of benzene rings is 1. The summed E-state index contributed by atoms with van der Waals surface area (Å²) in [5, 5.41) is 4.59. The summed E-state index contributed by atoms with van der Waals surface area (Å²) in [5.41, 5.74) is 0.970. The van der Waals surface area contributed by atoms with Gasteiger partial charge in [-0.1, -0.05) is 25.1 Å². The fraction of sp³-hybridized carbons (Fsp3) is 0.385. The Morgan fingerprint density at radius 2 is 2.13 bits per heavy atom. The highest BCUT2D eigenvalue weighted by Gasteiger charge is 2.09. The van der Waals surface area contributed by atoms with Crippen molar-refractivity contribution in [1.82, 2.24) is 5.32 Å². The summed E-state index contributed by atoms with van der Waals surface area (Å²) in [6.45, 7) is 5.32. The molecule has 1 aromatic carbocycles. The van der Waals surface area contributed by atoms with Crippen LogP contribution in [0.3, 0.4) is 0 Å². The number of hydrogen-bond acceptors (Lipinski definition) is 2. The Bertz CT molecular complexity index is 400. The van der Waals surface area contributed by atoms with E-state index in [-0.39, 0.29) is 6.04 Å². The first-order chi connectivity index (χ1) is 7.31. The molecular weight excluding hydrogens is 186 g/mol. The lowest BCUT2D eigenvalue weighted by molar-refractivity contribution is 0.452. The average molecular weight is 203 g/mol. The average Bonchev–Trinajstić information content (AvgIpc) is 2.69. The minimum absolute atomic E-state index is 0.289. The van der Waals surface area contributed by atoms with Gasteiger partial charge in [0.15, 0.2) is 0 Å². The lowest BCUT2D eigenvalue weighted by Crippen LogP contribution is -2.18. The molecule has 0 unspecified atom stereocenters. The lowest BCUT2D eigenvalue weighted by Gasteiger charge is -2.09. The second kappa shape index (κ2) is 4.49. The summed E-state index contributed by atoms with van der Waals surface area (Å²) in [4.78, 5) is 0. The molecule has 0 bridgehead atoms. The van der Waals surface area contributed by atoms with Crippen LogP contribution in [0.4, 0.5) is 0 Å². The Labute approximate surface area is 90.3 Å². The maximum absolute atomic E-state index is 5.76. The van der Waals surface area contributed by atoms with Crippen LogP contribution in [-0.4, -0.2) is 6.54 Å². The van der Waals surface area contributed by atoms with Crippen LogP contribution >= 0.6 is 0 Å². The molecule has 2 heteroatoms. The van der Waals surface area contributed by atoms with E-state index < -0.39 is 0 Å². The van der Waals surface area contributed by atoms with Crippen molar-refractivity contribution in [1.29, 1.82) is 0 Å². The molecule has 0 amide bonds. The van der Waals surface area contributed by atoms with Crippen molar-refractivity contribution in [2.45, 2.75) is 26.3 Å². The number of hydrogen-bond donors (Lipinski definition) is 1. The molecule has 0 aliphatic heterocycles. The van der Waals surface area contributed by atoms with E-state index in [1.165, 1.54) is 5.39 Å². The van der Waals surface area contributed by atoms with Crippen molar-refractivity contribution < 1.29 is 4.42 Å². The normalized spacial score (nSPS) is 13.2. The first kappa shape index (κ1) is 10.2. The molecule has 15 heavy (non-hydrogen) atoms. The lowest BCUT2D eigenvalue weighted by atomic mass is 10.2. The summed E-state index contributed by atoms with van der Waals surface area (Å²) >= 11 is 0. The predicted octanol–water partition coefficient (Wildman–Crippen LogP) is 3.49. The fourth-order valence-electron chi connectivity index (χ4n) is 1.68. The molecule has 2 nitrogen and oxygen atoms in total. The van der Waals surface area contributed by atoms with E-state index in [0.717, 1.165) is 24.3 Å². The summed E-state index contributed by atoms with van der Waals surface area (Å²) in [6.07, 6.45) is 1.14. The molecule has 0 radical (unpaired) electrons. The maximum atomic E-state index is 5.76. The van der Waals surface area contributed by atoms with Gasteiger partial charge in [0.25, 0.3) is 0 Å². The van der Waals surface area contributed by atoms with Gasteiger partial charge in [0, 0.05) is 5.39 Å². The zero-order chi connectivity index (χ0) is 10.7. The van der Waals surface area contributed by atoms with Crippen LogP contribution in [0.2, 0.25) is 0 Å². The quantitative estimate of drug-likeness (QED) is 0.822. The third-order valence-electron chi connectivity index (χ3n) is 2.57.